The Morgan fingerprint density at radius 3 is 2.79 bits per heavy atom. The monoisotopic (exact) mass is 329 g/mol. The Labute approximate surface area is 139 Å². The van der Waals surface area contributed by atoms with E-state index in [2.05, 4.69) is 15.5 Å². The summed E-state index contributed by atoms with van der Waals surface area (Å²) in [6.45, 7) is 5.58. The summed E-state index contributed by atoms with van der Waals surface area (Å²) in [6.07, 6.45) is 1.42. The summed E-state index contributed by atoms with van der Waals surface area (Å²) in [6, 6.07) is 5.95. The number of phenols is 1. The molecule has 0 bridgehead atoms. The van der Waals surface area contributed by atoms with Gasteiger partial charge in [-0.1, -0.05) is 6.07 Å². The highest BCUT2D eigenvalue weighted by Crippen LogP contribution is 2.17. The number of nitrogens with one attached hydrogen (secondary N) is 2. The van der Waals surface area contributed by atoms with Crippen LogP contribution < -0.4 is 5.43 Å². The topological polar surface area (TPSA) is 104 Å². The van der Waals surface area contributed by atoms with Gasteiger partial charge in [0.15, 0.2) is 0 Å². The Balaban J connectivity index is 2.11. The van der Waals surface area contributed by atoms with E-state index < -0.39 is 11.9 Å². The van der Waals surface area contributed by atoms with Gasteiger partial charge in [-0.25, -0.2) is 10.2 Å². The molecule has 1 heterocycles. The number of carbonyl (C=O) groups excluding carboxylic acids is 2. The molecule has 0 radical (unpaired) electrons. The molecule has 24 heavy (non-hydrogen) atoms. The van der Waals surface area contributed by atoms with E-state index in [0.29, 0.717) is 34.7 Å². The smallest absolute Gasteiger partial charge is 0.340 e. The molecule has 0 aliphatic rings. The molecule has 0 fully saturated rings. The van der Waals surface area contributed by atoms with Crippen molar-refractivity contribution in [1.82, 2.24) is 10.4 Å². The molecular formula is C17H19N3O4. The number of aromatic hydroxyl groups is 1. The van der Waals surface area contributed by atoms with Crippen LogP contribution in [0.4, 0.5) is 0 Å². The number of amides is 1. The molecule has 1 aromatic heterocycles. The van der Waals surface area contributed by atoms with E-state index in [1.807, 2.05) is 0 Å². The standard InChI is InChI=1S/C17H19N3O4/c1-4-24-17(23)15-10(2)14(19-11(15)3)9-18-20-16(22)12-6-5-7-13(21)8-12/h5-9,19,21H,4H2,1-3H3,(H,20,22)/b18-9+. The normalized spacial score (nSPS) is 10.8. The third-order valence-corrected chi connectivity index (χ3v) is 3.42. The van der Waals surface area contributed by atoms with Gasteiger partial charge < -0.3 is 14.8 Å². The lowest BCUT2D eigenvalue weighted by atomic mass is 10.1. The van der Waals surface area contributed by atoms with Gasteiger partial charge in [-0.15, -0.1) is 0 Å². The van der Waals surface area contributed by atoms with E-state index in [9.17, 15) is 14.7 Å². The number of rotatable bonds is 5. The molecule has 1 aromatic carbocycles. The van der Waals surface area contributed by atoms with Crippen LogP contribution in [0.2, 0.25) is 0 Å². The average molecular weight is 329 g/mol. The number of hydrazone groups is 1. The van der Waals surface area contributed by atoms with Crippen LogP contribution in [0.25, 0.3) is 0 Å². The van der Waals surface area contributed by atoms with Crippen molar-refractivity contribution in [3.8, 4) is 5.75 Å². The van der Waals surface area contributed by atoms with Gasteiger partial charge in [0.05, 0.1) is 24.1 Å². The summed E-state index contributed by atoms with van der Waals surface area (Å²) in [4.78, 5) is 26.9. The van der Waals surface area contributed by atoms with E-state index >= 15 is 0 Å². The molecule has 7 nitrogen and oxygen atoms in total. The highest BCUT2D eigenvalue weighted by atomic mass is 16.5. The second kappa shape index (κ2) is 7.45. The molecule has 0 aliphatic heterocycles. The Morgan fingerprint density at radius 1 is 1.38 bits per heavy atom. The van der Waals surface area contributed by atoms with Gasteiger partial charge in [0.25, 0.3) is 5.91 Å². The number of hydrogen-bond acceptors (Lipinski definition) is 5. The zero-order valence-corrected chi connectivity index (χ0v) is 13.7. The van der Waals surface area contributed by atoms with E-state index in [1.54, 1.807) is 32.9 Å². The number of nitrogens with zero attached hydrogens (tertiary/aromatic N) is 1. The van der Waals surface area contributed by atoms with Gasteiger partial charge in [-0.05, 0) is 44.5 Å². The van der Waals surface area contributed by atoms with Crippen molar-refractivity contribution in [2.75, 3.05) is 6.61 Å². The van der Waals surface area contributed by atoms with Crippen molar-refractivity contribution in [2.45, 2.75) is 20.8 Å². The second-order valence-electron chi connectivity index (χ2n) is 5.13. The van der Waals surface area contributed by atoms with Gasteiger partial charge in [0, 0.05) is 11.3 Å². The van der Waals surface area contributed by atoms with Crippen LogP contribution in [-0.4, -0.2) is 34.8 Å². The lowest BCUT2D eigenvalue weighted by Gasteiger charge is -2.02. The third kappa shape index (κ3) is 3.81. The lowest BCUT2D eigenvalue weighted by molar-refractivity contribution is 0.0525. The first-order valence-corrected chi connectivity index (χ1v) is 7.42. The molecule has 2 aromatic rings. The summed E-state index contributed by atoms with van der Waals surface area (Å²) < 4.78 is 5.02. The first-order chi connectivity index (χ1) is 11.4. The minimum absolute atomic E-state index is 0.00143. The molecule has 0 spiro atoms. The Kier molecular flexibility index (Phi) is 5.36. The Morgan fingerprint density at radius 2 is 2.12 bits per heavy atom. The van der Waals surface area contributed by atoms with Gasteiger partial charge >= 0.3 is 5.97 Å². The maximum Gasteiger partial charge on any atom is 0.340 e. The first kappa shape index (κ1) is 17.3. The van der Waals surface area contributed by atoms with Crippen molar-refractivity contribution < 1.29 is 19.4 Å². The van der Waals surface area contributed by atoms with E-state index in [1.165, 1.54) is 18.3 Å². The summed E-state index contributed by atoms with van der Waals surface area (Å²) in [7, 11) is 0. The molecule has 7 heteroatoms. The number of esters is 1. The highest BCUT2D eigenvalue weighted by molar-refractivity contribution is 5.97. The van der Waals surface area contributed by atoms with Crippen molar-refractivity contribution in [2.24, 2.45) is 5.10 Å². The minimum atomic E-state index is -0.450. The number of carbonyl (C=O) groups is 2. The quantitative estimate of drug-likeness (QED) is 0.445. The number of benzene rings is 1. The average Bonchev–Trinajstić information content (AvgIpc) is 2.81. The van der Waals surface area contributed by atoms with Crippen LogP contribution >= 0.6 is 0 Å². The van der Waals surface area contributed by atoms with Crippen molar-refractivity contribution >= 4 is 18.1 Å². The van der Waals surface area contributed by atoms with Crippen LogP contribution in [0, 0.1) is 13.8 Å². The zero-order chi connectivity index (χ0) is 17.7. The maximum atomic E-state index is 11.9. The third-order valence-electron chi connectivity index (χ3n) is 3.42. The molecule has 3 N–H and O–H groups in total. The summed E-state index contributed by atoms with van der Waals surface area (Å²) >= 11 is 0. The van der Waals surface area contributed by atoms with Crippen LogP contribution in [0.5, 0.6) is 5.75 Å². The van der Waals surface area contributed by atoms with E-state index in [4.69, 9.17) is 4.74 Å². The summed E-state index contributed by atoms with van der Waals surface area (Å²) in [5.74, 6) is -0.845. The SMILES string of the molecule is CCOC(=O)c1c(C)[nH]c(/C=N/NC(=O)c2cccc(O)c2)c1C. The van der Waals surface area contributed by atoms with Gasteiger partial charge in [0.2, 0.25) is 0 Å². The molecular weight excluding hydrogens is 310 g/mol. The number of phenolic OH excluding ortho intramolecular Hbond substituents is 1. The molecule has 0 atom stereocenters. The van der Waals surface area contributed by atoms with Crippen LogP contribution in [-0.2, 0) is 4.74 Å². The van der Waals surface area contributed by atoms with E-state index in [0.717, 1.165) is 0 Å². The largest absolute Gasteiger partial charge is 0.508 e. The molecule has 1 amide bonds. The minimum Gasteiger partial charge on any atom is -0.508 e. The fourth-order valence-electron chi connectivity index (χ4n) is 2.28. The molecule has 0 aliphatic carbocycles. The van der Waals surface area contributed by atoms with Crippen LogP contribution in [0.3, 0.4) is 0 Å². The molecule has 0 saturated heterocycles. The highest BCUT2D eigenvalue weighted by Gasteiger charge is 2.18. The van der Waals surface area contributed by atoms with Crippen molar-refractivity contribution in [3.63, 3.8) is 0 Å². The second-order valence-corrected chi connectivity index (χ2v) is 5.13. The molecule has 0 saturated carbocycles. The number of H-pyrrole nitrogens is 1. The van der Waals surface area contributed by atoms with Gasteiger partial charge in [-0.3, -0.25) is 4.79 Å². The summed E-state index contributed by atoms with van der Waals surface area (Å²) in [5.41, 5.74) is 5.10. The van der Waals surface area contributed by atoms with E-state index in [-0.39, 0.29) is 5.75 Å². The lowest BCUT2D eigenvalue weighted by Crippen LogP contribution is -2.17. The number of aromatic amines is 1. The van der Waals surface area contributed by atoms with Crippen LogP contribution in [0.15, 0.2) is 29.4 Å². The fourth-order valence-corrected chi connectivity index (χ4v) is 2.28. The number of hydrogen-bond donors (Lipinski definition) is 3. The van der Waals surface area contributed by atoms with Gasteiger partial charge in [-0.2, -0.15) is 5.10 Å². The number of aromatic nitrogens is 1. The molecule has 126 valence electrons. The number of aryl methyl sites for hydroxylation is 1. The molecule has 2 rings (SSSR count). The first-order valence-electron chi connectivity index (χ1n) is 7.42. The van der Waals surface area contributed by atoms with Gasteiger partial charge in [0.1, 0.15) is 5.75 Å². The Hall–Kier alpha value is -3.09. The van der Waals surface area contributed by atoms with Crippen molar-refractivity contribution in [3.05, 3.63) is 52.3 Å². The predicted molar refractivity (Wildman–Crippen MR) is 89.4 cm³/mol. The zero-order valence-electron chi connectivity index (χ0n) is 13.7. The van der Waals surface area contributed by atoms with Crippen molar-refractivity contribution in [1.29, 1.82) is 0 Å². The summed E-state index contributed by atoms with van der Waals surface area (Å²) in [5, 5.41) is 13.2. The predicted octanol–water partition coefficient (Wildman–Crippen LogP) is 2.28. The number of ether oxygens (including phenoxy) is 1. The maximum absolute atomic E-state index is 11.9. The molecule has 0 unspecified atom stereocenters. The Bertz CT molecular complexity index is 793. The van der Waals surface area contributed by atoms with Crippen LogP contribution in [0.1, 0.15) is 44.6 Å². The fraction of sp³-hybridized carbons (Fsp3) is 0.235.